The zero-order valence-corrected chi connectivity index (χ0v) is 10.2. The Bertz CT molecular complexity index is 216. The Morgan fingerprint density at radius 3 is 2.73 bits per heavy atom. The summed E-state index contributed by atoms with van der Waals surface area (Å²) in [6.07, 6.45) is 1.77. The topological polar surface area (TPSA) is 26.7 Å². The summed E-state index contributed by atoms with van der Waals surface area (Å²) in [5, 5.41) is 9.68. The van der Waals surface area contributed by atoms with Gasteiger partial charge in [-0.3, -0.25) is 4.90 Å². The second-order valence-corrected chi connectivity index (χ2v) is 4.84. The van der Waals surface area contributed by atoms with E-state index in [-0.39, 0.29) is 6.10 Å². The van der Waals surface area contributed by atoms with Gasteiger partial charge in [0.15, 0.2) is 0 Å². The zero-order valence-electron chi connectivity index (χ0n) is 10.2. The number of hydrogen-bond acceptors (Lipinski definition) is 3. The highest BCUT2D eigenvalue weighted by molar-refractivity contribution is 5.00. The van der Waals surface area contributed by atoms with Crippen LogP contribution in [-0.2, 0) is 0 Å². The molecule has 0 aromatic rings. The summed E-state index contributed by atoms with van der Waals surface area (Å²) in [5.41, 5.74) is 1.26. The summed E-state index contributed by atoms with van der Waals surface area (Å²) >= 11 is 0. The molecule has 15 heavy (non-hydrogen) atoms. The van der Waals surface area contributed by atoms with Crippen LogP contribution in [0.2, 0.25) is 0 Å². The van der Waals surface area contributed by atoms with Gasteiger partial charge >= 0.3 is 0 Å². The van der Waals surface area contributed by atoms with Gasteiger partial charge in [0, 0.05) is 25.7 Å². The Morgan fingerprint density at radius 1 is 1.53 bits per heavy atom. The predicted octanol–water partition coefficient (Wildman–Crippen LogP) is 0.949. The Balaban J connectivity index is 2.48. The van der Waals surface area contributed by atoms with Gasteiger partial charge in [0.2, 0.25) is 0 Å². The fraction of sp³-hybridized carbons (Fsp3) is 0.833. The highest BCUT2D eigenvalue weighted by Gasteiger charge is 2.30. The van der Waals surface area contributed by atoms with Gasteiger partial charge in [0.25, 0.3) is 0 Å². The van der Waals surface area contributed by atoms with Crippen LogP contribution in [0.3, 0.4) is 0 Å². The minimum Gasteiger partial charge on any atom is -0.392 e. The molecule has 3 heteroatoms. The Labute approximate surface area is 93.4 Å². The van der Waals surface area contributed by atoms with E-state index in [0.29, 0.717) is 6.04 Å². The highest BCUT2D eigenvalue weighted by atomic mass is 16.3. The van der Waals surface area contributed by atoms with Crippen LogP contribution in [0.4, 0.5) is 0 Å². The maximum atomic E-state index is 9.68. The highest BCUT2D eigenvalue weighted by Crippen LogP contribution is 2.19. The number of hydrogen-bond donors (Lipinski definition) is 1. The van der Waals surface area contributed by atoms with E-state index >= 15 is 0 Å². The molecule has 2 unspecified atom stereocenters. The predicted molar refractivity (Wildman–Crippen MR) is 64.0 cm³/mol. The minimum atomic E-state index is -0.153. The number of nitrogens with zero attached hydrogens (tertiary/aromatic N) is 2. The molecule has 0 radical (unpaired) electrons. The van der Waals surface area contributed by atoms with Gasteiger partial charge in [0.05, 0.1) is 6.10 Å². The third kappa shape index (κ3) is 3.93. The van der Waals surface area contributed by atoms with Crippen LogP contribution in [-0.4, -0.2) is 60.8 Å². The van der Waals surface area contributed by atoms with Crippen molar-refractivity contribution >= 4 is 0 Å². The fourth-order valence-corrected chi connectivity index (χ4v) is 2.16. The smallest absolute Gasteiger partial charge is 0.0682 e. The summed E-state index contributed by atoms with van der Waals surface area (Å²) in [7, 11) is 4.16. The first-order valence-corrected chi connectivity index (χ1v) is 5.76. The van der Waals surface area contributed by atoms with Gasteiger partial charge in [-0.05, 0) is 26.9 Å². The van der Waals surface area contributed by atoms with Gasteiger partial charge in [0.1, 0.15) is 0 Å². The molecule has 1 N–H and O–H groups in total. The van der Waals surface area contributed by atoms with E-state index in [2.05, 4.69) is 37.4 Å². The maximum absolute atomic E-state index is 9.68. The second kappa shape index (κ2) is 5.64. The van der Waals surface area contributed by atoms with E-state index in [1.807, 2.05) is 0 Å². The van der Waals surface area contributed by atoms with E-state index < -0.39 is 0 Å². The molecule has 88 valence electrons. The third-order valence-corrected chi connectivity index (χ3v) is 3.01. The molecule has 0 aromatic carbocycles. The Morgan fingerprint density at radius 2 is 2.20 bits per heavy atom. The van der Waals surface area contributed by atoms with E-state index in [1.54, 1.807) is 0 Å². The van der Waals surface area contributed by atoms with Crippen molar-refractivity contribution in [2.75, 3.05) is 33.7 Å². The largest absolute Gasteiger partial charge is 0.392 e. The van der Waals surface area contributed by atoms with Crippen molar-refractivity contribution in [1.29, 1.82) is 0 Å². The molecule has 0 saturated carbocycles. The summed E-state index contributed by atoms with van der Waals surface area (Å²) in [6.45, 7) is 8.93. The summed E-state index contributed by atoms with van der Waals surface area (Å²) in [4.78, 5) is 4.54. The molecule has 0 spiro atoms. The van der Waals surface area contributed by atoms with Gasteiger partial charge in [-0.25, -0.2) is 0 Å². The molecule has 1 fully saturated rings. The SMILES string of the molecule is C=C(CC)CN1CC(O)CC1CN(C)C. The molecule has 1 heterocycles. The van der Waals surface area contributed by atoms with Crippen LogP contribution in [0, 0.1) is 0 Å². The second-order valence-electron chi connectivity index (χ2n) is 4.84. The Kier molecular flexibility index (Phi) is 4.77. The van der Waals surface area contributed by atoms with Crippen molar-refractivity contribution in [3.05, 3.63) is 12.2 Å². The molecule has 0 aliphatic carbocycles. The molecule has 0 bridgehead atoms. The number of β-amino-alcohol motifs (C(OH)–C–C–N with tert-alkyl or cyclic N) is 1. The van der Waals surface area contributed by atoms with Crippen molar-refractivity contribution in [1.82, 2.24) is 9.80 Å². The lowest BCUT2D eigenvalue weighted by Crippen LogP contribution is -2.38. The number of aliphatic hydroxyl groups is 1. The van der Waals surface area contributed by atoms with Crippen LogP contribution in [0.1, 0.15) is 19.8 Å². The van der Waals surface area contributed by atoms with Crippen LogP contribution >= 0.6 is 0 Å². The summed E-state index contributed by atoms with van der Waals surface area (Å²) in [6, 6.07) is 0.485. The van der Waals surface area contributed by atoms with Crippen molar-refractivity contribution < 1.29 is 5.11 Å². The average Bonchev–Trinajstić information content (AvgIpc) is 2.45. The first-order chi connectivity index (χ1) is 7.02. The first-order valence-electron chi connectivity index (χ1n) is 5.76. The lowest BCUT2D eigenvalue weighted by atomic mass is 10.1. The number of rotatable bonds is 5. The number of likely N-dealkylation sites (N-methyl/N-ethyl adjacent to an activating group) is 1. The summed E-state index contributed by atoms with van der Waals surface area (Å²) < 4.78 is 0. The third-order valence-electron chi connectivity index (χ3n) is 3.01. The Hall–Kier alpha value is -0.380. The van der Waals surface area contributed by atoms with E-state index in [9.17, 15) is 5.11 Å². The zero-order chi connectivity index (χ0) is 11.4. The molecule has 0 aromatic heterocycles. The van der Waals surface area contributed by atoms with E-state index in [4.69, 9.17) is 0 Å². The molecule has 0 amide bonds. The van der Waals surface area contributed by atoms with Gasteiger partial charge in [-0.1, -0.05) is 19.1 Å². The van der Waals surface area contributed by atoms with Crippen LogP contribution < -0.4 is 0 Å². The van der Waals surface area contributed by atoms with Crippen molar-refractivity contribution in [2.24, 2.45) is 0 Å². The average molecular weight is 212 g/mol. The molecule has 1 aliphatic rings. The van der Waals surface area contributed by atoms with Gasteiger partial charge < -0.3 is 10.0 Å². The molecule has 1 rings (SSSR count). The van der Waals surface area contributed by atoms with Gasteiger partial charge in [-0.15, -0.1) is 0 Å². The van der Waals surface area contributed by atoms with E-state index in [1.165, 1.54) is 5.57 Å². The summed E-state index contributed by atoms with van der Waals surface area (Å²) in [5.74, 6) is 0. The van der Waals surface area contributed by atoms with Gasteiger partial charge in [-0.2, -0.15) is 0 Å². The maximum Gasteiger partial charge on any atom is 0.0682 e. The van der Waals surface area contributed by atoms with Crippen molar-refractivity contribution in [3.8, 4) is 0 Å². The van der Waals surface area contributed by atoms with Crippen LogP contribution in [0.25, 0.3) is 0 Å². The van der Waals surface area contributed by atoms with Crippen LogP contribution in [0.15, 0.2) is 12.2 Å². The van der Waals surface area contributed by atoms with Crippen LogP contribution in [0.5, 0.6) is 0 Å². The van der Waals surface area contributed by atoms with Crippen molar-refractivity contribution in [2.45, 2.75) is 31.9 Å². The fourth-order valence-electron chi connectivity index (χ4n) is 2.16. The number of aliphatic hydroxyl groups excluding tert-OH is 1. The molecular weight excluding hydrogens is 188 g/mol. The molecule has 1 aliphatic heterocycles. The molecule has 2 atom stereocenters. The molecule has 1 saturated heterocycles. The number of likely N-dealkylation sites (tertiary alicyclic amines) is 1. The quantitative estimate of drug-likeness (QED) is 0.687. The monoisotopic (exact) mass is 212 g/mol. The lowest BCUT2D eigenvalue weighted by molar-refractivity contribution is 0.177. The molecule has 3 nitrogen and oxygen atoms in total. The normalized spacial score (nSPS) is 27.5. The first kappa shape index (κ1) is 12.7. The lowest BCUT2D eigenvalue weighted by Gasteiger charge is -2.27. The minimum absolute atomic E-state index is 0.153. The molecular formula is C12H24N2O. The van der Waals surface area contributed by atoms with E-state index in [0.717, 1.165) is 32.5 Å². The van der Waals surface area contributed by atoms with Crippen molar-refractivity contribution in [3.63, 3.8) is 0 Å². The standard InChI is InChI=1S/C12H24N2O/c1-5-10(2)7-14-9-12(15)6-11(14)8-13(3)4/h11-12,15H,2,5-9H2,1,3-4H3.